The minimum Gasteiger partial charge on any atom is -0.356 e. The Labute approximate surface area is 178 Å². The minimum absolute atomic E-state index is 0.500. The van der Waals surface area contributed by atoms with Crippen molar-refractivity contribution in [1.29, 1.82) is 0 Å². The molecule has 0 amide bonds. The van der Waals surface area contributed by atoms with Gasteiger partial charge in [-0.3, -0.25) is 4.79 Å². The quantitative estimate of drug-likeness (QED) is 0.261. The lowest BCUT2D eigenvalue weighted by molar-refractivity contribution is -0.105. The lowest BCUT2D eigenvalue weighted by atomic mass is 9.77. The molecule has 28 heavy (non-hydrogen) atoms. The number of likely N-dealkylation sites (tertiary alicyclic amines) is 1. The zero-order valence-electron chi connectivity index (χ0n) is 17.0. The van der Waals surface area contributed by atoms with E-state index in [1.807, 2.05) is 37.9 Å². The van der Waals surface area contributed by atoms with Crippen molar-refractivity contribution in [3.8, 4) is 0 Å². The van der Waals surface area contributed by atoms with Gasteiger partial charge in [0.15, 0.2) is 0 Å². The Morgan fingerprint density at radius 1 is 1.14 bits per heavy atom. The summed E-state index contributed by atoms with van der Waals surface area (Å²) < 4.78 is 0. The van der Waals surface area contributed by atoms with E-state index in [-0.39, 0.29) is 0 Å². The molecule has 2 aliphatic rings. The van der Waals surface area contributed by atoms with E-state index in [1.165, 1.54) is 38.5 Å². The Bertz CT molecular complexity index is 787. The zero-order valence-corrected chi connectivity index (χ0v) is 18.5. The van der Waals surface area contributed by atoms with E-state index < -0.39 is 0 Å². The Hall–Kier alpha value is -1.52. The number of anilines is 1. The van der Waals surface area contributed by atoms with Crippen molar-refractivity contribution in [2.75, 3.05) is 25.0 Å². The highest BCUT2D eigenvalue weighted by Gasteiger charge is 2.37. The van der Waals surface area contributed by atoms with E-state index in [1.54, 1.807) is 6.07 Å². The van der Waals surface area contributed by atoms with Gasteiger partial charge in [-0.25, -0.2) is 4.99 Å². The average Bonchev–Trinajstić information content (AvgIpc) is 3.15. The number of benzene rings is 1. The predicted molar refractivity (Wildman–Crippen MR) is 118 cm³/mol. The first kappa shape index (κ1) is 21.2. The number of rotatable bonds is 4. The second-order valence-electron chi connectivity index (χ2n) is 8.11. The van der Waals surface area contributed by atoms with Crippen molar-refractivity contribution in [1.82, 2.24) is 4.90 Å². The number of aldehydes is 1. The van der Waals surface area contributed by atoms with Crippen LogP contribution in [-0.4, -0.2) is 37.2 Å². The van der Waals surface area contributed by atoms with Crippen molar-refractivity contribution in [3.05, 3.63) is 39.6 Å². The van der Waals surface area contributed by atoms with Crippen LogP contribution < -0.4 is 4.90 Å². The van der Waals surface area contributed by atoms with Gasteiger partial charge in [-0.2, -0.15) is 0 Å². The van der Waals surface area contributed by atoms with E-state index in [0.717, 1.165) is 36.7 Å². The van der Waals surface area contributed by atoms with Gasteiger partial charge in [0.1, 0.15) is 17.9 Å². The summed E-state index contributed by atoms with van der Waals surface area (Å²) in [5, 5.41) is 1.01. The summed E-state index contributed by atoms with van der Waals surface area (Å²) in [4.78, 5) is 20.6. The molecule has 2 fully saturated rings. The Balaban J connectivity index is 1.82. The summed E-state index contributed by atoms with van der Waals surface area (Å²) in [6, 6.07) is 5.54. The second kappa shape index (κ2) is 8.87. The molecule has 0 atom stereocenters. The SMILES string of the molecule is CC(=N/C(=C(/C)C=O)N1CCC2(CCCC2)CC1)N(C)c1cccc(Cl)c1Cl. The maximum absolute atomic E-state index is 11.6. The molecule has 0 N–H and O–H groups in total. The van der Waals surface area contributed by atoms with E-state index in [2.05, 4.69) is 4.90 Å². The van der Waals surface area contributed by atoms with Gasteiger partial charge in [0.2, 0.25) is 0 Å². The number of piperidine rings is 1. The number of amidine groups is 1. The lowest BCUT2D eigenvalue weighted by Crippen LogP contribution is -2.39. The first-order valence-corrected chi connectivity index (χ1v) is 10.8. The normalized spacial score (nSPS) is 20.3. The second-order valence-corrected chi connectivity index (χ2v) is 8.89. The molecule has 0 bridgehead atoms. The average molecular weight is 422 g/mol. The number of carbonyl (C=O) groups is 1. The fourth-order valence-corrected chi connectivity index (χ4v) is 4.86. The van der Waals surface area contributed by atoms with Crippen LogP contribution in [0, 0.1) is 5.41 Å². The molecular weight excluding hydrogens is 393 g/mol. The predicted octanol–water partition coefficient (Wildman–Crippen LogP) is 5.93. The first-order valence-electron chi connectivity index (χ1n) is 10.0. The molecule has 152 valence electrons. The first-order chi connectivity index (χ1) is 13.4. The maximum Gasteiger partial charge on any atom is 0.149 e. The number of halogens is 2. The highest BCUT2D eigenvalue weighted by Crippen LogP contribution is 2.46. The van der Waals surface area contributed by atoms with Gasteiger partial charge < -0.3 is 9.80 Å². The fraction of sp³-hybridized carbons (Fsp3) is 0.545. The molecule has 1 aromatic carbocycles. The fourth-order valence-electron chi connectivity index (χ4n) is 4.43. The van der Waals surface area contributed by atoms with E-state index in [4.69, 9.17) is 28.2 Å². The number of carbonyl (C=O) groups excluding carboxylic acids is 1. The van der Waals surface area contributed by atoms with Crippen molar-refractivity contribution in [2.45, 2.75) is 52.4 Å². The summed E-state index contributed by atoms with van der Waals surface area (Å²) in [6.45, 7) is 5.68. The number of hydrogen-bond acceptors (Lipinski definition) is 3. The van der Waals surface area contributed by atoms with Crippen LogP contribution in [0.25, 0.3) is 0 Å². The molecule has 4 nitrogen and oxygen atoms in total. The van der Waals surface area contributed by atoms with Crippen LogP contribution in [0.5, 0.6) is 0 Å². The van der Waals surface area contributed by atoms with Crippen LogP contribution in [0.2, 0.25) is 10.0 Å². The third-order valence-electron chi connectivity index (χ3n) is 6.36. The number of nitrogens with zero attached hydrogens (tertiary/aromatic N) is 3. The molecule has 1 saturated carbocycles. The number of allylic oxidation sites excluding steroid dienone is 1. The summed E-state index contributed by atoms with van der Waals surface area (Å²) in [7, 11) is 1.91. The summed E-state index contributed by atoms with van der Waals surface area (Å²) in [5.41, 5.74) is 1.98. The molecule has 1 saturated heterocycles. The van der Waals surface area contributed by atoms with Crippen LogP contribution in [0.3, 0.4) is 0 Å². The highest BCUT2D eigenvalue weighted by atomic mass is 35.5. The van der Waals surface area contributed by atoms with Gasteiger partial charge in [-0.05, 0) is 57.1 Å². The zero-order chi connectivity index (χ0) is 20.3. The molecule has 6 heteroatoms. The van der Waals surface area contributed by atoms with E-state index in [0.29, 0.717) is 21.0 Å². The number of aliphatic imine (C=N–C) groups is 1. The molecule has 1 heterocycles. The van der Waals surface area contributed by atoms with Crippen molar-refractivity contribution in [3.63, 3.8) is 0 Å². The molecule has 0 radical (unpaired) electrons. The topological polar surface area (TPSA) is 35.9 Å². The van der Waals surface area contributed by atoms with Gasteiger partial charge in [0, 0.05) is 25.7 Å². The Morgan fingerprint density at radius 2 is 1.79 bits per heavy atom. The van der Waals surface area contributed by atoms with Gasteiger partial charge in [0.25, 0.3) is 0 Å². The summed E-state index contributed by atoms with van der Waals surface area (Å²) in [5.74, 6) is 1.53. The molecule has 1 aliphatic heterocycles. The molecule has 1 aliphatic carbocycles. The van der Waals surface area contributed by atoms with Gasteiger partial charge in [-0.1, -0.05) is 42.1 Å². The Kier molecular flexibility index (Phi) is 6.72. The summed E-state index contributed by atoms with van der Waals surface area (Å²) in [6.07, 6.45) is 8.70. The van der Waals surface area contributed by atoms with Crippen molar-refractivity contribution in [2.24, 2.45) is 10.4 Å². The molecule has 1 spiro atoms. The monoisotopic (exact) mass is 421 g/mol. The third kappa shape index (κ3) is 4.38. The van der Waals surface area contributed by atoms with Crippen LogP contribution >= 0.6 is 23.2 Å². The highest BCUT2D eigenvalue weighted by molar-refractivity contribution is 6.44. The van der Waals surface area contributed by atoms with Gasteiger partial charge in [0.05, 0.1) is 15.7 Å². The molecule has 0 aromatic heterocycles. The van der Waals surface area contributed by atoms with Gasteiger partial charge >= 0.3 is 0 Å². The Morgan fingerprint density at radius 3 is 2.39 bits per heavy atom. The standard InChI is InChI=1S/C22H29Cl2N3O/c1-16(15-28)21(27-13-11-22(12-14-27)9-4-5-10-22)25-17(2)26(3)19-8-6-7-18(23)20(19)24/h6-8,15H,4-5,9-14H2,1-3H3/b21-16+,25-17?. The van der Waals surface area contributed by atoms with Crippen LogP contribution in [0.15, 0.2) is 34.6 Å². The van der Waals surface area contributed by atoms with E-state index in [9.17, 15) is 4.79 Å². The summed E-state index contributed by atoms with van der Waals surface area (Å²) >= 11 is 12.5. The number of hydrogen-bond donors (Lipinski definition) is 0. The van der Waals surface area contributed by atoms with Gasteiger partial charge in [-0.15, -0.1) is 0 Å². The molecular formula is C22H29Cl2N3O. The van der Waals surface area contributed by atoms with Crippen molar-refractivity contribution >= 4 is 41.0 Å². The molecule has 3 rings (SSSR count). The maximum atomic E-state index is 11.6. The largest absolute Gasteiger partial charge is 0.356 e. The van der Waals surface area contributed by atoms with Crippen molar-refractivity contribution < 1.29 is 4.79 Å². The third-order valence-corrected chi connectivity index (χ3v) is 7.17. The minimum atomic E-state index is 0.500. The molecule has 0 unspecified atom stereocenters. The smallest absolute Gasteiger partial charge is 0.149 e. The van der Waals surface area contributed by atoms with Crippen LogP contribution in [0.4, 0.5) is 5.69 Å². The lowest BCUT2D eigenvalue weighted by Gasteiger charge is -2.40. The van der Waals surface area contributed by atoms with Crippen LogP contribution in [0.1, 0.15) is 52.4 Å². The molecule has 1 aromatic rings. The van der Waals surface area contributed by atoms with E-state index >= 15 is 0 Å². The van der Waals surface area contributed by atoms with Crippen LogP contribution in [-0.2, 0) is 4.79 Å².